The zero-order valence-electron chi connectivity index (χ0n) is 17.4. The lowest BCUT2D eigenvalue weighted by Gasteiger charge is -2.33. The highest BCUT2D eigenvalue weighted by atomic mass is 19.1. The molecule has 1 N–H and O–H groups in total. The van der Waals surface area contributed by atoms with Gasteiger partial charge in [0, 0.05) is 44.2 Å². The number of fused-ring (bicyclic) bond motifs is 1. The predicted octanol–water partition coefficient (Wildman–Crippen LogP) is 4.12. The van der Waals surface area contributed by atoms with Crippen LogP contribution in [0.5, 0.6) is 0 Å². The van der Waals surface area contributed by atoms with Crippen molar-refractivity contribution in [1.29, 1.82) is 0 Å². The van der Waals surface area contributed by atoms with E-state index in [4.69, 9.17) is 4.42 Å². The van der Waals surface area contributed by atoms with Gasteiger partial charge in [-0.3, -0.25) is 4.99 Å². The van der Waals surface area contributed by atoms with E-state index < -0.39 is 5.95 Å². The summed E-state index contributed by atoms with van der Waals surface area (Å²) in [7, 11) is 2.09. The summed E-state index contributed by atoms with van der Waals surface area (Å²) in [6, 6.07) is 11.8. The van der Waals surface area contributed by atoms with Crippen molar-refractivity contribution < 1.29 is 8.81 Å². The van der Waals surface area contributed by atoms with Crippen LogP contribution in [0.3, 0.4) is 0 Å². The van der Waals surface area contributed by atoms with Crippen molar-refractivity contribution in [3.63, 3.8) is 0 Å². The van der Waals surface area contributed by atoms with E-state index in [1.54, 1.807) is 18.6 Å². The van der Waals surface area contributed by atoms with Crippen LogP contribution in [0.25, 0.3) is 16.7 Å². The molecule has 2 aromatic heterocycles. The molecule has 4 heterocycles. The molecule has 2 aliphatic rings. The summed E-state index contributed by atoms with van der Waals surface area (Å²) in [6.07, 6.45) is 7.09. The second-order valence-corrected chi connectivity index (χ2v) is 7.90. The van der Waals surface area contributed by atoms with Crippen LogP contribution in [0, 0.1) is 5.95 Å². The quantitative estimate of drug-likeness (QED) is 0.648. The minimum atomic E-state index is -0.500. The molecule has 5 rings (SSSR count). The van der Waals surface area contributed by atoms with Crippen LogP contribution in [0.2, 0.25) is 0 Å². The molecule has 158 valence electrons. The van der Waals surface area contributed by atoms with Crippen LogP contribution < -0.4 is 10.2 Å². The van der Waals surface area contributed by atoms with Crippen LogP contribution in [0.4, 0.5) is 15.9 Å². The highest BCUT2D eigenvalue weighted by Gasteiger charge is 2.17. The summed E-state index contributed by atoms with van der Waals surface area (Å²) in [4.78, 5) is 13.0. The molecule has 1 aromatic carbocycles. The second-order valence-electron chi connectivity index (χ2n) is 7.90. The van der Waals surface area contributed by atoms with Crippen molar-refractivity contribution in [2.45, 2.75) is 0 Å². The highest BCUT2D eigenvalue weighted by molar-refractivity contribution is 5.94. The number of rotatable bonds is 4. The maximum atomic E-state index is 14.7. The molecule has 6 nitrogen and oxygen atoms in total. The summed E-state index contributed by atoms with van der Waals surface area (Å²) in [5.41, 5.74) is 5.54. The van der Waals surface area contributed by atoms with E-state index in [-0.39, 0.29) is 0 Å². The molecule has 0 bridgehead atoms. The Morgan fingerprint density at radius 1 is 1.06 bits per heavy atom. The number of hydrogen-bond donors (Lipinski definition) is 1. The third-order valence-corrected chi connectivity index (χ3v) is 5.81. The van der Waals surface area contributed by atoms with E-state index >= 15 is 0 Å². The number of nitrogens with zero attached hydrogens (tertiary/aromatic N) is 4. The highest BCUT2D eigenvalue weighted by Crippen LogP contribution is 2.29. The minimum absolute atomic E-state index is 0.354. The Kier molecular flexibility index (Phi) is 5.26. The number of benzene rings is 1. The topological polar surface area (TPSA) is 56.9 Å². The van der Waals surface area contributed by atoms with Gasteiger partial charge in [-0.1, -0.05) is 12.1 Å². The zero-order valence-corrected chi connectivity index (χ0v) is 17.4. The van der Waals surface area contributed by atoms with Crippen LogP contribution >= 0.6 is 0 Å². The fraction of sp³-hybridized carbons (Fsp3) is 0.250. The number of halogens is 1. The van der Waals surface area contributed by atoms with Gasteiger partial charge >= 0.3 is 0 Å². The fourth-order valence-electron chi connectivity index (χ4n) is 3.92. The smallest absolute Gasteiger partial charge is 0.238 e. The monoisotopic (exact) mass is 417 g/mol. The molecule has 1 saturated heterocycles. The molecule has 3 aromatic rings. The Morgan fingerprint density at radius 2 is 1.94 bits per heavy atom. The third kappa shape index (κ3) is 4.09. The Balaban J connectivity index is 1.36. The molecule has 0 amide bonds. The normalized spacial score (nSPS) is 17.7. The maximum Gasteiger partial charge on any atom is 0.238 e. The van der Waals surface area contributed by atoms with E-state index in [2.05, 4.69) is 38.2 Å². The van der Waals surface area contributed by atoms with E-state index in [0.717, 1.165) is 54.0 Å². The first-order chi connectivity index (χ1) is 15.2. The summed E-state index contributed by atoms with van der Waals surface area (Å²) in [5, 5.41) is 3.10. The van der Waals surface area contributed by atoms with E-state index in [9.17, 15) is 4.39 Å². The molecule has 0 atom stereocenters. The Morgan fingerprint density at radius 3 is 2.71 bits per heavy atom. The van der Waals surface area contributed by atoms with Gasteiger partial charge < -0.3 is 19.5 Å². The summed E-state index contributed by atoms with van der Waals surface area (Å²) < 4.78 is 19.9. The average Bonchev–Trinajstić information content (AvgIpc) is 3.33. The number of aliphatic imine (C=N–C) groups is 1. The summed E-state index contributed by atoms with van der Waals surface area (Å²) >= 11 is 0. The molecule has 0 spiro atoms. The number of furan rings is 1. The number of anilines is 2. The van der Waals surface area contributed by atoms with Crippen LogP contribution in [-0.4, -0.2) is 55.9 Å². The summed E-state index contributed by atoms with van der Waals surface area (Å²) in [6.45, 7) is 4.15. The molecule has 7 heteroatoms. The number of likely N-dealkylation sites (N-methyl/N-ethyl adjacent to an activating group) is 1. The molecule has 31 heavy (non-hydrogen) atoms. The molecular weight excluding hydrogens is 393 g/mol. The van der Waals surface area contributed by atoms with Gasteiger partial charge in [0.15, 0.2) is 0 Å². The first-order valence-corrected chi connectivity index (χ1v) is 10.4. The number of aromatic nitrogens is 1. The van der Waals surface area contributed by atoms with Gasteiger partial charge in [-0.15, -0.1) is 0 Å². The van der Waals surface area contributed by atoms with Crippen molar-refractivity contribution in [2.24, 2.45) is 4.99 Å². The lowest BCUT2D eigenvalue weighted by Crippen LogP contribution is -2.44. The molecule has 0 aliphatic carbocycles. The Hall–Kier alpha value is -3.45. The SMILES string of the molecule is CN1CCN(c2ccc(N/C=C3\CN=Cc4ccc(-c5ccoc5)cc43)c(F)n2)CC1. The lowest BCUT2D eigenvalue weighted by atomic mass is 9.94. The van der Waals surface area contributed by atoms with Crippen molar-refractivity contribution in [3.8, 4) is 11.1 Å². The first kappa shape index (κ1) is 19.5. The van der Waals surface area contributed by atoms with Gasteiger partial charge in [0.05, 0.1) is 24.8 Å². The van der Waals surface area contributed by atoms with E-state index in [1.165, 1.54) is 0 Å². The number of nitrogens with one attached hydrogen (secondary N) is 1. The molecule has 1 fully saturated rings. The van der Waals surface area contributed by atoms with Crippen molar-refractivity contribution in [1.82, 2.24) is 9.88 Å². The average molecular weight is 417 g/mol. The zero-order chi connectivity index (χ0) is 21.2. The fourth-order valence-corrected chi connectivity index (χ4v) is 3.92. The molecule has 0 unspecified atom stereocenters. The molecular formula is C24H24FN5O. The lowest BCUT2D eigenvalue weighted by molar-refractivity contribution is 0.311. The van der Waals surface area contributed by atoms with Crippen LogP contribution in [0.1, 0.15) is 11.1 Å². The maximum absolute atomic E-state index is 14.7. The van der Waals surface area contributed by atoms with Crippen molar-refractivity contribution in [3.05, 3.63) is 72.2 Å². The number of hydrogen-bond acceptors (Lipinski definition) is 6. The first-order valence-electron chi connectivity index (χ1n) is 10.4. The van der Waals surface area contributed by atoms with Gasteiger partial charge in [0.1, 0.15) is 5.82 Å². The largest absolute Gasteiger partial charge is 0.472 e. The predicted molar refractivity (Wildman–Crippen MR) is 122 cm³/mol. The van der Waals surface area contributed by atoms with Crippen molar-refractivity contribution in [2.75, 3.05) is 50.0 Å². The molecule has 2 aliphatic heterocycles. The van der Waals surface area contributed by atoms with Crippen LogP contribution in [0.15, 0.2) is 64.5 Å². The van der Waals surface area contributed by atoms with Gasteiger partial charge in [-0.2, -0.15) is 4.39 Å². The van der Waals surface area contributed by atoms with Crippen molar-refractivity contribution >= 4 is 23.3 Å². The van der Waals surface area contributed by atoms with E-state index in [0.29, 0.717) is 18.1 Å². The molecule has 0 radical (unpaired) electrons. The van der Waals surface area contributed by atoms with Crippen LogP contribution in [-0.2, 0) is 0 Å². The van der Waals surface area contributed by atoms with E-state index in [1.807, 2.05) is 36.7 Å². The summed E-state index contributed by atoms with van der Waals surface area (Å²) in [5.74, 6) is 0.182. The van der Waals surface area contributed by atoms with Gasteiger partial charge in [-0.25, -0.2) is 4.98 Å². The van der Waals surface area contributed by atoms with Gasteiger partial charge in [-0.05, 0) is 53.6 Å². The minimum Gasteiger partial charge on any atom is -0.472 e. The number of pyridine rings is 1. The standard InChI is InChI=1S/C24H24FN5O/c1-29-7-9-30(10-8-29)23-5-4-22(24(25)28-23)27-15-20-14-26-13-18-3-2-17(12-21(18)20)19-6-11-31-16-19/h2-6,11-13,15-16,27H,7-10,14H2,1H3/b20-15+. The third-order valence-electron chi connectivity index (χ3n) is 5.81. The Labute approximate surface area is 180 Å². The molecule has 0 saturated carbocycles. The van der Waals surface area contributed by atoms with Gasteiger partial charge in [0.25, 0.3) is 0 Å². The van der Waals surface area contributed by atoms with Gasteiger partial charge in [0.2, 0.25) is 5.95 Å². The second kappa shape index (κ2) is 8.35. The number of piperazine rings is 1. The Bertz CT molecular complexity index is 1130.